The predicted octanol–water partition coefficient (Wildman–Crippen LogP) is 4.45. The highest BCUT2D eigenvalue weighted by molar-refractivity contribution is 7.65. The molecule has 0 heterocycles. The fraction of sp³-hybridized carbons (Fsp3) is 0.381. The second-order valence-corrected chi connectivity index (χ2v) is 8.95. The molecule has 0 saturated heterocycles. The molecule has 2 atom stereocenters. The fourth-order valence-corrected chi connectivity index (χ4v) is 4.59. The number of carbonyl (C=O) groups is 1. The Morgan fingerprint density at radius 2 is 1.70 bits per heavy atom. The first-order valence-electron chi connectivity index (χ1n) is 9.83. The average molecular weight is 434 g/mol. The zero-order valence-electron chi connectivity index (χ0n) is 17.3. The van der Waals surface area contributed by atoms with Gasteiger partial charge in [-0.15, -0.1) is 0 Å². The van der Waals surface area contributed by atoms with E-state index in [9.17, 15) is 19.5 Å². The maximum absolute atomic E-state index is 13.7. The molecule has 1 N–H and O–H groups in total. The number of hydrogen-bond acceptors (Lipinski definition) is 6. The number of nitrogens with zero attached hydrogens (tertiary/aromatic N) is 1. The Labute approximate surface area is 176 Å². The van der Waals surface area contributed by atoms with E-state index in [1.54, 1.807) is 37.3 Å². The summed E-state index contributed by atoms with van der Waals surface area (Å²) < 4.78 is 24.8. The third-order valence-electron chi connectivity index (χ3n) is 4.71. The van der Waals surface area contributed by atoms with Crippen molar-refractivity contribution in [3.63, 3.8) is 0 Å². The lowest BCUT2D eigenvalue weighted by atomic mass is 10.1. The number of non-ortho nitro benzene ring substituents is 1. The molecular formula is C21H27N2O6P. The van der Waals surface area contributed by atoms with E-state index in [-0.39, 0.29) is 16.9 Å². The van der Waals surface area contributed by atoms with Crippen molar-refractivity contribution >= 4 is 24.5 Å². The van der Waals surface area contributed by atoms with Crippen LogP contribution in [0.2, 0.25) is 0 Å². The number of benzene rings is 2. The molecule has 8 nitrogen and oxygen atoms in total. The number of carbonyl (C=O) groups excluding carboxylic acids is 1. The van der Waals surface area contributed by atoms with Crippen molar-refractivity contribution in [1.82, 2.24) is 5.09 Å². The highest BCUT2D eigenvalue weighted by Crippen LogP contribution is 2.43. The first-order valence-corrected chi connectivity index (χ1v) is 11.5. The van der Waals surface area contributed by atoms with Gasteiger partial charge >= 0.3 is 13.5 Å². The highest BCUT2D eigenvalue weighted by Gasteiger charge is 2.33. The lowest BCUT2D eigenvalue weighted by molar-refractivity contribution is -0.384. The van der Waals surface area contributed by atoms with Crippen molar-refractivity contribution < 1.29 is 23.5 Å². The Kier molecular flexibility index (Phi) is 8.57. The zero-order valence-corrected chi connectivity index (χ0v) is 18.2. The van der Waals surface area contributed by atoms with Crippen molar-refractivity contribution in [1.29, 1.82) is 0 Å². The average Bonchev–Trinajstić information content (AvgIpc) is 2.75. The van der Waals surface area contributed by atoms with Crippen molar-refractivity contribution in [2.75, 3.05) is 6.61 Å². The van der Waals surface area contributed by atoms with Crippen LogP contribution >= 0.6 is 7.52 Å². The van der Waals surface area contributed by atoms with E-state index in [4.69, 9.17) is 9.26 Å². The number of nitrogens with one attached hydrogen (secondary N) is 1. The van der Waals surface area contributed by atoms with Crippen LogP contribution in [-0.4, -0.2) is 23.5 Å². The molecule has 0 amide bonds. The molecular weight excluding hydrogens is 407 g/mol. The molecule has 0 spiro atoms. The van der Waals surface area contributed by atoms with Gasteiger partial charge in [-0.05, 0) is 37.1 Å². The molecule has 0 aliphatic carbocycles. The summed E-state index contributed by atoms with van der Waals surface area (Å²) in [5.41, 5.74) is -0.136. The standard InChI is InChI=1S/C21H27N2O6P/c1-4-17(5-2)15-28-21(24)16(3)22-30(27,29-19-9-7-6-8-10-19)20-13-11-18(12-14-20)23(25)26/h6-14,16-17H,4-5,15H2,1-3H3,(H,22,27)/t16-,30?/m0/s1. The monoisotopic (exact) mass is 434 g/mol. The zero-order chi connectivity index (χ0) is 22.1. The SMILES string of the molecule is CCC(CC)COC(=O)[C@H](C)NP(=O)(Oc1ccccc1)c1ccc([N+](=O)[O-])cc1. The normalized spacial score (nSPS) is 14.0. The molecule has 0 bridgehead atoms. The summed E-state index contributed by atoms with van der Waals surface area (Å²) in [5, 5.41) is 13.9. The van der Waals surface area contributed by atoms with E-state index >= 15 is 0 Å². The van der Waals surface area contributed by atoms with Crippen LogP contribution in [0.4, 0.5) is 5.69 Å². The van der Waals surface area contributed by atoms with Crippen LogP contribution in [0.25, 0.3) is 0 Å². The van der Waals surface area contributed by atoms with E-state index in [0.29, 0.717) is 12.4 Å². The summed E-state index contributed by atoms with van der Waals surface area (Å²) in [6.07, 6.45) is 1.79. The van der Waals surface area contributed by atoms with Gasteiger partial charge < -0.3 is 9.26 Å². The Morgan fingerprint density at radius 1 is 1.10 bits per heavy atom. The molecule has 0 saturated carbocycles. The van der Waals surface area contributed by atoms with Gasteiger partial charge in [0.2, 0.25) is 0 Å². The summed E-state index contributed by atoms with van der Waals surface area (Å²) in [6, 6.07) is 12.8. The molecule has 0 aliphatic heterocycles. The number of para-hydroxylation sites is 1. The number of ether oxygens (including phenoxy) is 1. The largest absolute Gasteiger partial charge is 0.464 e. The summed E-state index contributed by atoms with van der Waals surface area (Å²) in [6.45, 7) is 5.89. The Hall–Kier alpha value is -2.70. The number of hydrogen-bond donors (Lipinski definition) is 1. The van der Waals surface area contributed by atoms with Gasteiger partial charge in [0.05, 0.1) is 16.8 Å². The molecule has 1 unspecified atom stereocenters. The molecule has 0 radical (unpaired) electrons. The molecule has 2 rings (SSSR count). The van der Waals surface area contributed by atoms with Crippen molar-refractivity contribution in [3.05, 3.63) is 64.7 Å². The molecule has 162 valence electrons. The third-order valence-corrected chi connectivity index (χ3v) is 6.88. The highest BCUT2D eigenvalue weighted by atomic mass is 31.2. The van der Waals surface area contributed by atoms with Crippen molar-refractivity contribution in [2.45, 2.75) is 39.7 Å². The second kappa shape index (κ2) is 10.9. The minimum absolute atomic E-state index is 0.136. The van der Waals surface area contributed by atoms with Gasteiger partial charge in [-0.25, -0.2) is 5.09 Å². The van der Waals surface area contributed by atoms with Crippen LogP contribution in [0, 0.1) is 16.0 Å². The smallest absolute Gasteiger partial charge is 0.347 e. The van der Waals surface area contributed by atoms with E-state index in [0.717, 1.165) is 12.8 Å². The summed E-state index contributed by atoms with van der Waals surface area (Å²) in [5.74, 6) is 0.0631. The predicted molar refractivity (Wildman–Crippen MR) is 115 cm³/mol. The number of rotatable bonds is 11. The minimum atomic E-state index is -3.79. The lowest BCUT2D eigenvalue weighted by Gasteiger charge is -2.24. The van der Waals surface area contributed by atoms with E-state index < -0.39 is 24.5 Å². The fourth-order valence-electron chi connectivity index (χ4n) is 2.71. The van der Waals surface area contributed by atoms with E-state index in [1.807, 2.05) is 13.8 Å². The number of nitro benzene ring substituents is 1. The maximum atomic E-state index is 13.7. The van der Waals surface area contributed by atoms with E-state index in [1.165, 1.54) is 24.3 Å². The van der Waals surface area contributed by atoms with Crippen LogP contribution in [0.5, 0.6) is 5.75 Å². The lowest BCUT2D eigenvalue weighted by Crippen LogP contribution is -2.38. The topological polar surface area (TPSA) is 108 Å². The van der Waals surface area contributed by atoms with Gasteiger partial charge in [-0.1, -0.05) is 44.9 Å². The van der Waals surface area contributed by atoms with Crippen molar-refractivity contribution in [2.24, 2.45) is 5.92 Å². The quantitative estimate of drug-likeness (QED) is 0.241. The molecule has 2 aromatic carbocycles. The number of esters is 1. The molecule has 30 heavy (non-hydrogen) atoms. The second-order valence-electron chi connectivity index (χ2n) is 6.89. The van der Waals surface area contributed by atoms with Crippen LogP contribution in [0.15, 0.2) is 54.6 Å². The number of nitro groups is 1. The molecule has 9 heteroatoms. The summed E-state index contributed by atoms with van der Waals surface area (Å²) in [4.78, 5) is 22.8. The summed E-state index contributed by atoms with van der Waals surface area (Å²) in [7, 11) is -3.79. The Bertz CT molecular complexity index is 884. The summed E-state index contributed by atoms with van der Waals surface area (Å²) >= 11 is 0. The Balaban J connectivity index is 2.23. The van der Waals surface area contributed by atoms with E-state index in [2.05, 4.69) is 5.09 Å². The molecule has 0 fully saturated rings. The maximum Gasteiger partial charge on any atom is 0.347 e. The van der Waals surface area contributed by atoms with Gasteiger partial charge in [0.25, 0.3) is 5.69 Å². The van der Waals surface area contributed by atoms with Gasteiger partial charge in [-0.2, -0.15) is 0 Å². The van der Waals surface area contributed by atoms with Crippen LogP contribution in [0.3, 0.4) is 0 Å². The first-order chi connectivity index (χ1) is 14.3. The molecule has 0 aromatic heterocycles. The molecule has 2 aromatic rings. The van der Waals surface area contributed by atoms with Crippen LogP contribution < -0.4 is 14.9 Å². The molecule has 0 aliphatic rings. The van der Waals surface area contributed by atoms with Gasteiger partial charge in [0.1, 0.15) is 11.8 Å². The van der Waals surface area contributed by atoms with Crippen LogP contribution in [0.1, 0.15) is 33.6 Å². The first kappa shape index (κ1) is 23.6. The van der Waals surface area contributed by atoms with Gasteiger partial charge in [-0.3, -0.25) is 19.5 Å². The Morgan fingerprint density at radius 3 is 2.23 bits per heavy atom. The third kappa shape index (κ3) is 6.40. The van der Waals surface area contributed by atoms with Crippen LogP contribution in [-0.2, 0) is 14.1 Å². The van der Waals surface area contributed by atoms with Crippen molar-refractivity contribution in [3.8, 4) is 5.75 Å². The van der Waals surface area contributed by atoms with Gasteiger partial charge in [0.15, 0.2) is 0 Å². The minimum Gasteiger partial charge on any atom is -0.464 e. The van der Waals surface area contributed by atoms with Gasteiger partial charge in [0, 0.05) is 12.1 Å².